The standard InChI is InChI=1S/C36H50O8/c1-33(2,3)26-20-24(29(40-13)28(34(4,5)6)30(26)42-22-44-32(39)36(10,11)12)16-19-27(37)23-14-17-25(18-15-23)41-21-43-31(38)35(7,8)9/h14-20H,21-22H2,1-13H3. The Kier molecular flexibility index (Phi) is 11.5. The first kappa shape index (κ1) is 36.4. The van der Waals surface area contributed by atoms with Crippen molar-refractivity contribution in [2.24, 2.45) is 10.8 Å². The quantitative estimate of drug-likeness (QED) is 0.115. The number of rotatable bonds is 10. The van der Waals surface area contributed by atoms with E-state index in [4.69, 9.17) is 23.7 Å². The van der Waals surface area contributed by atoms with E-state index in [0.29, 0.717) is 22.8 Å². The van der Waals surface area contributed by atoms with Crippen molar-refractivity contribution in [2.75, 3.05) is 20.7 Å². The highest BCUT2D eigenvalue weighted by Crippen LogP contribution is 2.47. The normalized spacial score (nSPS) is 12.6. The summed E-state index contributed by atoms with van der Waals surface area (Å²) in [5.74, 6) is 0.707. The van der Waals surface area contributed by atoms with Crippen LogP contribution in [0.3, 0.4) is 0 Å². The van der Waals surface area contributed by atoms with E-state index in [1.165, 1.54) is 6.08 Å². The van der Waals surface area contributed by atoms with Gasteiger partial charge in [0, 0.05) is 22.3 Å². The molecule has 0 unspecified atom stereocenters. The molecule has 44 heavy (non-hydrogen) atoms. The zero-order valence-electron chi connectivity index (χ0n) is 28.7. The summed E-state index contributed by atoms with van der Waals surface area (Å²) in [6.45, 7) is 22.6. The maximum Gasteiger partial charge on any atom is 0.314 e. The first-order valence-corrected chi connectivity index (χ1v) is 14.8. The second-order valence-corrected chi connectivity index (χ2v) is 14.9. The van der Waals surface area contributed by atoms with E-state index in [0.717, 1.165) is 16.7 Å². The number of ketones is 1. The molecule has 0 fully saturated rings. The molecule has 0 aliphatic heterocycles. The van der Waals surface area contributed by atoms with Gasteiger partial charge in [-0.3, -0.25) is 14.4 Å². The van der Waals surface area contributed by atoms with Gasteiger partial charge in [0.2, 0.25) is 13.6 Å². The van der Waals surface area contributed by atoms with Crippen LogP contribution in [0, 0.1) is 10.8 Å². The number of hydrogen-bond acceptors (Lipinski definition) is 8. The van der Waals surface area contributed by atoms with Crippen LogP contribution in [0.5, 0.6) is 17.2 Å². The van der Waals surface area contributed by atoms with Crippen LogP contribution < -0.4 is 14.2 Å². The van der Waals surface area contributed by atoms with Crippen LogP contribution in [-0.2, 0) is 29.9 Å². The number of carbonyl (C=O) groups is 3. The topological polar surface area (TPSA) is 97.4 Å². The molecule has 2 rings (SSSR count). The lowest BCUT2D eigenvalue weighted by atomic mass is 9.77. The minimum absolute atomic E-state index is 0.207. The van der Waals surface area contributed by atoms with E-state index >= 15 is 0 Å². The number of methoxy groups -OCH3 is 1. The van der Waals surface area contributed by atoms with Crippen LogP contribution in [0.25, 0.3) is 6.08 Å². The summed E-state index contributed by atoms with van der Waals surface area (Å²) < 4.78 is 28.2. The molecule has 0 amide bonds. The molecule has 0 saturated heterocycles. The Balaban J connectivity index is 2.40. The van der Waals surface area contributed by atoms with E-state index in [2.05, 4.69) is 41.5 Å². The van der Waals surface area contributed by atoms with Gasteiger partial charge in [0.15, 0.2) is 5.78 Å². The number of carbonyl (C=O) groups excluding carboxylic acids is 3. The molecule has 2 aromatic rings. The fourth-order valence-electron chi connectivity index (χ4n) is 4.10. The molecule has 0 aliphatic rings. The Labute approximate surface area is 263 Å². The molecule has 0 radical (unpaired) electrons. The molecule has 242 valence electrons. The van der Waals surface area contributed by atoms with Crippen LogP contribution in [0.1, 0.15) is 110 Å². The Morgan fingerprint density at radius 2 is 1.18 bits per heavy atom. The minimum atomic E-state index is -0.657. The second-order valence-electron chi connectivity index (χ2n) is 14.9. The van der Waals surface area contributed by atoms with Gasteiger partial charge >= 0.3 is 11.9 Å². The largest absolute Gasteiger partial charge is 0.496 e. The highest BCUT2D eigenvalue weighted by atomic mass is 16.7. The average Bonchev–Trinajstić information content (AvgIpc) is 2.89. The van der Waals surface area contributed by atoms with Crippen molar-refractivity contribution < 1.29 is 38.1 Å². The molecule has 0 heterocycles. The van der Waals surface area contributed by atoms with Gasteiger partial charge in [-0.2, -0.15) is 0 Å². The molecule has 0 aromatic heterocycles. The van der Waals surface area contributed by atoms with Crippen molar-refractivity contribution in [2.45, 2.75) is 93.9 Å². The molecule has 0 spiro atoms. The number of hydrogen-bond donors (Lipinski definition) is 0. The molecule has 0 saturated carbocycles. The molecule has 0 atom stereocenters. The summed E-state index contributed by atoms with van der Waals surface area (Å²) in [5, 5.41) is 0. The Bertz CT molecular complexity index is 1360. The SMILES string of the molecule is COc1c(C=CC(=O)c2ccc(OCOC(=O)C(C)(C)C)cc2)cc(C(C)(C)C)c(OCOC(=O)C(C)(C)C)c1C(C)(C)C. The van der Waals surface area contributed by atoms with Crippen molar-refractivity contribution in [1.29, 1.82) is 0 Å². The summed E-state index contributed by atoms with van der Waals surface area (Å²) in [5.41, 5.74) is 0.831. The summed E-state index contributed by atoms with van der Waals surface area (Å²) in [6.07, 6.45) is 3.24. The van der Waals surface area contributed by atoms with Crippen molar-refractivity contribution in [3.63, 3.8) is 0 Å². The predicted molar refractivity (Wildman–Crippen MR) is 172 cm³/mol. The lowest BCUT2D eigenvalue weighted by Gasteiger charge is -2.32. The molecule has 8 heteroatoms. The zero-order valence-corrected chi connectivity index (χ0v) is 28.7. The van der Waals surface area contributed by atoms with E-state index in [1.807, 2.05) is 6.07 Å². The number of esters is 2. The summed E-state index contributed by atoms with van der Waals surface area (Å²) in [4.78, 5) is 37.5. The fraction of sp³-hybridized carbons (Fsp3) is 0.528. The van der Waals surface area contributed by atoms with Gasteiger partial charge in [-0.1, -0.05) is 41.5 Å². The van der Waals surface area contributed by atoms with E-state index in [9.17, 15) is 14.4 Å². The van der Waals surface area contributed by atoms with Crippen LogP contribution in [-0.4, -0.2) is 38.4 Å². The first-order chi connectivity index (χ1) is 20.1. The highest BCUT2D eigenvalue weighted by Gasteiger charge is 2.33. The van der Waals surface area contributed by atoms with Crippen molar-refractivity contribution in [1.82, 2.24) is 0 Å². The molecule has 8 nitrogen and oxygen atoms in total. The number of ether oxygens (including phenoxy) is 5. The predicted octanol–water partition coefficient (Wildman–Crippen LogP) is 8.04. The van der Waals surface area contributed by atoms with Gasteiger partial charge in [0.05, 0.1) is 17.9 Å². The fourth-order valence-corrected chi connectivity index (χ4v) is 4.10. The smallest absolute Gasteiger partial charge is 0.314 e. The van der Waals surface area contributed by atoms with Crippen LogP contribution in [0.4, 0.5) is 0 Å². The Hall–Kier alpha value is -3.81. The summed E-state index contributed by atoms with van der Waals surface area (Å²) >= 11 is 0. The van der Waals surface area contributed by atoms with Crippen molar-refractivity contribution >= 4 is 23.8 Å². The maximum absolute atomic E-state index is 13.1. The summed E-state index contributed by atoms with van der Waals surface area (Å²) in [7, 11) is 1.58. The second kappa shape index (κ2) is 13.9. The van der Waals surface area contributed by atoms with E-state index < -0.39 is 16.2 Å². The minimum Gasteiger partial charge on any atom is -0.496 e. The molecular weight excluding hydrogens is 560 g/mol. The highest BCUT2D eigenvalue weighted by molar-refractivity contribution is 6.07. The van der Waals surface area contributed by atoms with Crippen molar-refractivity contribution in [3.8, 4) is 17.2 Å². The maximum atomic E-state index is 13.1. The van der Waals surface area contributed by atoms with Gasteiger partial charge < -0.3 is 23.7 Å². The van der Waals surface area contributed by atoms with Gasteiger partial charge in [-0.05, 0) is 94.9 Å². The molecule has 0 N–H and O–H groups in total. The van der Waals surface area contributed by atoms with Gasteiger partial charge in [0.1, 0.15) is 17.2 Å². The van der Waals surface area contributed by atoms with Gasteiger partial charge in [-0.15, -0.1) is 0 Å². The van der Waals surface area contributed by atoms with E-state index in [-0.39, 0.29) is 36.7 Å². The Morgan fingerprint density at radius 3 is 1.61 bits per heavy atom. The molecule has 0 aliphatic carbocycles. The lowest BCUT2D eigenvalue weighted by molar-refractivity contribution is -0.160. The van der Waals surface area contributed by atoms with Crippen LogP contribution >= 0.6 is 0 Å². The summed E-state index contributed by atoms with van der Waals surface area (Å²) in [6, 6.07) is 8.57. The number of benzene rings is 2. The third-order valence-electron chi connectivity index (χ3n) is 6.61. The van der Waals surface area contributed by atoms with Crippen LogP contribution in [0.2, 0.25) is 0 Å². The van der Waals surface area contributed by atoms with E-state index in [1.54, 1.807) is 79.0 Å². The van der Waals surface area contributed by atoms with Crippen molar-refractivity contribution in [3.05, 3.63) is 58.7 Å². The average molecular weight is 611 g/mol. The van der Waals surface area contributed by atoms with Gasteiger partial charge in [0.25, 0.3) is 0 Å². The number of allylic oxidation sites excluding steroid dienone is 1. The lowest BCUT2D eigenvalue weighted by Crippen LogP contribution is -2.26. The van der Waals surface area contributed by atoms with Gasteiger partial charge in [-0.25, -0.2) is 0 Å². The Morgan fingerprint density at radius 1 is 0.682 bits per heavy atom. The zero-order chi connectivity index (χ0) is 33.7. The third kappa shape index (κ3) is 9.86. The molecule has 2 aromatic carbocycles. The third-order valence-corrected chi connectivity index (χ3v) is 6.61. The monoisotopic (exact) mass is 610 g/mol. The van der Waals surface area contributed by atoms with Crippen LogP contribution in [0.15, 0.2) is 36.4 Å². The first-order valence-electron chi connectivity index (χ1n) is 14.8. The molecular formula is C36H50O8. The molecule has 0 bridgehead atoms.